The third-order valence-electron chi connectivity index (χ3n) is 3.40. The lowest BCUT2D eigenvalue weighted by atomic mass is 9.88. The Balaban J connectivity index is 1.90. The fraction of sp³-hybridized carbons (Fsp3) is 0.500. The predicted octanol–water partition coefficient (Wildman–Crippen LogP) is 1.45. The molecule has 2 heterocycles. The van der Waals surface area contributed by atoms with Crippen LogP contribution in [0.1, 0.15) is 18.4 Å². The van der Waals surface area contributed by atoms with E-state index in [4.69, 9.17) is 4.74 Å². The van der Waals surface area contributed by atoms with Gasteiger partial charge in [0, 0.05) is 12.0 Å². The number of fused-ring (bicyclic) bond motifs is 1. The third kappa shape index (κ3) is 1.47. The number of phenolic OH excluding ortho intramolecular Hbond substituents is 1. The van der Waals surface area contributed by atoms with Crippen LogP contribution in [0.4, 0.5) is 0 Å². The van der Waals surface area contributed by atoms with E-state index in [0.717, 1.165) is 43.7 Å². The zero-order valence-electron chi connectivity index (χ0n) is 8.62. The predicted molar refractivity (Wildman–Crippen MR) is 57.3 cm³/mol. The van der Waals surface area contributed by atoms with Crippen molar-refractivity contribution in [2.24, 2.45) is 0 Å². The average Bonchev–Trinajstić information content (AvgIpc) is 2.56. The molecule has 3 heteroatoms. The van der Waals surface area contributed by atoms with Crippen molar-refractivity contribution < 1.29 is 9.84 Å². The van der Waals surface area contributed by atoms with E-state index in [-0.39, 0.29) is 5.60 Å². The Morgan fingerprint density at radius 2 is 2.07 bits per heavy atom. The van der Waals surface area contributed by atoms with Crippen LogP contribution in [0.5, 0.6) is 11.5 Å². The summed E-state index contributed by atoms with van der Waals surface area (Å²) in [4.78, 5) is 0. The molecule has 0 saturated carbocycles. The molecule has 0 aliphatic carbocycles. The van der Waals surface area contributed by atoms with Gasteiger partial charge in [-0.3, -0.25) is 0 Å². The van der Waals surface area contributed by atoms with Crippen LogP contribution >= 0.6 is 0 Å². The van der Waals surface area contributed by atoms with Crippen LogP contribution < -0.4 is 10.1 Å². The largest absolute Gasteiger partial charge is 0.508 e. The van der Waals surface area contributed by atoms with Gasteiger partial charge in [-0.2, -0.15) is 0 Å². The summed E-state index contributed by atoms with van der Waals surface area (Å²) >= 11 is 0. The van der Waals surface area contributed by atoms with Gasteiger partial charge in [0.25, 0.3) is 0 Å². The van der Waals surface area contributed by atoms with Gasteiger partial charge < -0.3 is 15.2 Å². The minimum atomic E-state index is 0.00137. The van der Waals surface area contributed by atoms with E-state index in [9.17, 15) is 5.11 Å². The first-order valence-corrected chi connectivity index (χ1v) is 5.49. The van der Waals surface area contributed by atoms with Gasteiger partial charge in [0.1, 0.15) is 17.1 Å². The molecule has 3 nitrogen and oxygen atoms in total. The van der Waals surface area contributed by atoms with Crippen molar-refractivity contribution >= 4 is 0 Å². The molecule has 1 aromatic carbocycles. The van der Waals surface area contributed by atoms with Gasteiger partial charge in [-0.15, -0.1) is 0 Å². The lowest BCUT2D eigenvalue weighted by Crippen LogP contribution is -2.45. The molecule has 1 saturated heterocycles. The average molecular weight is 205 g/mol. The molecule has 0 aromatic heterocycles. The van der Waals surface area contributed by atoms with E-state index in [2.05, 4.69) is 5.32 Å². The normalized spacial score (nSPS) is 22.4. The SMILES string of the molecule is Oc1ccc2c(c1)CC1(CCNCC1)O2. The van der Waals surface area contributed by atoms with Gasteiger partial charge in [0.05, 0.1) is 0 Å². The van der Waals surface area contributed by atoms with Crippen LogP contribution in [0, 0.1) is 0 Å². The van der Waals surface area contributed by atoms with Gasteiger partial charge in [0.2, 0.25) is 0 Å². The minimum absolute atomic E-state index is 0.00137. The van der Waals surface area contributed by atoms with E-state index < -0.39 is 0 Å². The monoisotopic (exact) mass is 205 g/mol. The maximum Gasteiger partial charge on any atom is 0.123 e. The Labute approximate surface area is 89.1 Å². The van der Waals surface area contributed by atoms with Crippen LogP contribution in [0.3, 0.4) is 0 Å². The lowest BCUT2D eigenvalue weighted by molar-refractivity contribution is 0.0600. The topological polar surface area (TPSA) is 41.5 Å². The van der Waals surface area contributed by atoms with Crippen LogP contribution in [0.25, 0.3) is 0 Å². The summed E-state index contributed by atoms with van der Waals surface area (Å²) in [5.41, 5.74) is 1.15. The van der Waals surface area contributed by atoms with E-state index in [1.165, 1.54) is 0 Å². The summed E-state index contributed by atoms with van der Waals surface area (Å²) in [6.07, 6.45) is 3.06. The molecule has 0 amide bonds. The first-order valence-electron chi connectivity index (χ1n) is 5.49. The lowest BCUT2D eigenvalue weighted by Gasteiger charge is -2.33. The summed E-state index contributed by atoms with van der Waals surface area (Å²) in [7, 11) is 0. The summed E-state index contributed by atoms with van der Waals surface area (Å²) < 4.78 is 6.04. The van der Waals surface area contributed by atoms with Gasteiger partial charge >= 0.3 is 0 Å². The molecule has 0 atom stereocenters. The molecule has 0 bridgehead atoms. The molecule has 0 unspecified atom stereocenters. The van der Waals surface area contributed by atoms with E-state index in [1.807, 2.05) is 12.1 Å². The number of hydrogen-bond donors (Lipinski definition) is 2. The fourth-order valence-corrected chi connectivity index (χ4v) is 2.58. The highest BCUT2D eigenvalue weighted by molar-refractivity contribution is 5.44. The Kier molecular flexibility index (Phi) is 1.89. The van der Waals surface area contributed by atoms with E-state index in [0.29, 0.717) is 5.75 Å². The zero-order chi connectivity index (χ0) is 10.3. The van der Waals surface area contributed by atoms with Crippen LogP contribution in [0.2, 0.25) is 0 Å². The van der Waals surface area contributed by atoms with Crippen LogP contribution in [-0.4, -0.2) is 23.8 Å². The van der Waals surface area contributed by atoms with E-state index >= 15 is 0 Å². The van der Waals surface area contributed by atoms with Crippen molar-refractivity contribution in [2.75, 3.05) is 13.1 Å². The van der Waals surface area contributed by atoms with E-state index in [1.54, 1.807) is 6.07 Å². The molecular formula is C12H15NO2. The Hall–Kier alpha value is -1.22. The summed E-state index contributed by atoms with van der Waals surface area (Å²) in [5.74, 6) is 1.29. The Morgan fingerprint density at radius 3 is 2.87 bits per heavy atom. The number of benzene rings is 1. The van der Waals surface area contributed by atoms with Gasteiger partial charge in [-0.1, -0.05) is 0 Å². The van der Waals surface area contributed by atoms with Crippen molar-refractivity contribution in [1.29, 1.82) is 0 Å². The number of phenols is 1. The smallest absolute Gasteiger partial charge is 0.123 e. The second kappa shape index (κ2) is 3.14. The molecule has 0 radical (unpaired) electrons. The molecule has 80 valence electrons. The molecule has 1 fully saturated rings. The Morgan fingerprint density at radius 1 is 1.27 bits per heavy atom. The zero-order valence-corrected chi connectivity index (χ0v) is 8.62. The molecule has 3 rings (SSSR count). The highest BCUT2D eigenvalue weighted by Crippen LogP contribution is 2.41. The van der Waals surface area contributed by atoms with Gasteiger partial charge in [-0.05, 0) is 44.1 Å². The molecule has 2 aliphatic rings. The van der Waals surface area contributed by atoms with Crippen molar-refractivity contribution in [1.82, 2.24) is 5.32 Å². The van der Waals surface area contributed by atoms with Crippen molar-refractivity contribution in [3.05, 3.63) is 23.8 Å². The first kappa shape index (κ1) is 9.04. The highest BCUT2D eigenvalue weighted by atomic mass is 16.5. The maximum atomic E-state index is 9.42. The number of hydrogen-bond acceptors (Lipinski definition) is 3. The van der Waals surface area contributed by atoms with Crippen molar-refractivity contribution in [3.8, 4) is 11.5 Å². The summed E-state index contributed by atoms with van der Waals surface area (Å²) in [6, 6.07) is 5.40. The Bertz CT molecular complexity index is 383. The third-order valence-corrected chi connectivity index (χ3v) is 3.40. The first-order chi connectivity index (χ1) is 7.27. The molecule has 15 heavy (non-hydrogen) atoms. The number of nitrogens with one attached hydrogen (secondary N) is 1. The van der Waals surface area contributed by atoms with Crippen LogP contribution in [0.15, 0.2) is 18.2 Å². The molecule has 2 N–H and O–H groups in total. The second-order valence-corrected chi connectivity index (χ2v) is 4.50. The van der Waals surface area contributed by atoms with Gasteiger partial charge in [-0.25, -0.2) is 0 Å². The minimum Gasteiger partial charge on any atom is -0.508 e. The number of rotatable bonds is 0. The quantitative estimate of drug-likeness (QED) is 0.673. The highest BCUT2D eigenvalue weighted by Gasteiger charge is 2.40. The van der Waals surface area contributed by atoms with Crippen LogP contribution in [-0.2, 0) is 6.42 Å². The van der Waals surface area contributed by atoms with Crippen molar-refractivity contribution in [3.63, 3.8) is 0 Å². The molecule has 2 aliphatic heterocycles. The number of piperidine rings is 1. The fourth-order valence-electron chi connectivity index (χ4n) is 2.58. The second-order valence-electron chi connectivity index (χ2n) is 4.50. The standard InChI is InChI=1S/C12H15NO2/c14-10-1-2-11-9(7-10)8-12(15-11)3-5-13-6-4-12/h1-2,7,13-14H,3-6,8H2. The molecular weight excluding hydrogens is 190 g/mol. The van der Waals surface area contributed by atoms with Gasteiger partial charge in [0.15, 0.2) is 0 Å². The van der Waals surface area contributed by atoms with Crippen molar-refractivity contribution in [2.45, 2.75) is 24.9 Å². The number of ether oxygens (including phenoxy) is 1. The maximum absolute atomic E-state index is 9.42. The molecule has 1 aromatic rings. The summed E-state index contributed by atoms with van der Waals surface area (Å²) in [5, 5.41) is 12.8. The number of aromatic hydroxyl groups is 1. The summed E-state index contributed by atoms with van der Waals surface area (Å²) in [6.45, 7) is 2.06. The molecule has 1 spiro atoms.